The van der Waals surface area contributed by atoms with E-state index in [2.05, 4.69) is 10.3 Å². The fourth-order valence-corrected chi connectivity index (χ4v) is 1.69. The summed E-state index contributed by atoms with van der Waals surface area (Å²) < 4.78 is 39.0. The zero-order valence-corrected chi connectivity index (χ0v) is 10.2. The molecule has 1 N–H and O–H groups in total. The Hall–Kier alpha value is -1.46. The first-order valence-electron chi connectivity index (χ1n) is 4.71. The molecular formula is C11H5Cl2F3N2. The number of aromatic nitrogens is 1. The van der Waals surface area contributed by atoms with E-state index >= 15 is 0 Å². The highest BCUT2D eigenvalue weighted by Crippen LogP contribution is 2.35. The van der Waals surface area contributed by atoms with Crippen LogP contribution in [0, 0.1) is 17.7 Å². The monoisotopic (exact) mass is 292 g/mol. The molecule has 1 aromatic carbocycles. The number of rotatable bonds is 2. The van der Waals surface area contributed by atoms with Crippen molar-refractivity contribution in [1.29, 1.82) is 0 Å². The van der Waals surface area contributed by atoms with Gasteiger partial charge in [-0.3, -0.25) is 0 Å². The average molecular weight is 293 g/mol. The summed E-state index contributed by atoms with van der Waals surface area (Å²) in [4.78, 5) is 2.89. The van der Waals surface area contributed by atoms with Crippen LogP contribution in [-0.4, -0.2) is 4.98 Å². The first-order valence-corrected chi connectivity index (χ1v) is 5.47. The topological polar surface area (TPSA) is 24.9 Å². The molecule has 0 amide bonds. The molecule has 0 spiro atoms. The molecular weight excluding hydrogens is 288 g/mol. The van der Waals surface area contributed by atoms with Crippen molar-refractivity contribution >= 4 is 34.6 Å². The Kier molecular flexibility index (Phi) is 3.63. The van der Waals surface area contributed by atoms with Crippen molar-refractivity contribution in [1.82, 2.24) is 4.98 Å². The lowest BCUT2D eigenvalue weighted by Crippen LogP contribution is -1.99. The number of halogens is 5. The van der Waals surface area contributed by atoms with Gasteiger partial charge < -0.3 is 5.32 Å². The molecule has 2 aromatic rings. The molecule has 0 saturated carbocycles. The van der Waals surface area contributed by atoms with Crippen LogP contribution in [0.5, 0.6) is 0 Å². The van der Waals surface area contributed by atoms with Crippen molar-refractivity contribution in [2.75, 3.05) is 5.32 Å². The van der Waals surface area contributed by atoms with E-state index in [4.69, 9.17) is 23.2 Å². The second-order valence-corrected chi connectivity index (χ2v) is 4.08. The van der Waals surface area contributed by atoms with Gasteiger partial charge in [-0.1, -0.05) is 23.2 Å². The lowest BCUT2D eigenvalue weighted by atomic mass is 10.3. The third kappa shape index (κ3) is 2.52. The van der Waals surface area contributed by atoms with Gasteiger partial charge in [-0.25, -0.2) is 4.39 Å². The molecule has 0 unspecified atom stereocenters. The highest BCUT2D eigenvalue weighted by atomic mass is 35.5. The van der Waals surface area contributed by atoms with E-state index in [1.165, 1.54) is 24.3 Å². The van der Waals surface area contributed by atoms with Gasteiger partial charge >= 0.3 is 0 Å². The first-order chi connectivity index (χ1) is 8.49. The Bertz CT molecular complexity index is 562. The zero-order chi connectivity index (χ0) is 13.3. The van der Waals surface area contributed by atoms with Crippen molar-refractivity contribution in [2.24, 2.45) is 0 Å². The molecule has 0 aliphatic carbocycles. The fraction of sp³-hybridized carbons (Fsp3) is 0. The maximum absolute atomic E-state index is 13.1. The number of anilines is 2. The third-order valence-corrected chi connectivity index (χ3v) is 2.80. The second-order valence-electron chi connectivity index (χ2n) is 3.33. The Labute approximate surface area is 110 Å². The minimum atomic E-state index is -1.18. The molecule has 0 fully saturated rings. The van der Waals surface area contributed by atoms with Crippen LogP contribution in [0.2, 0.25) is 10.0 Å². The van der Waals surface area contributed by atoms with E-state index in [1.807, 2.05) is 0 Å². The summed E-state index contributed by atoms with van der Waals surface area (Å²) in [6.45, 7) is 0. The lowest BCUT2D eigenvalue weighted by molar-refractivity contribution is 0.514. The normalized spacial score (nSPS) is 10.5. The van der Waals surface area contributed by atoms with Crippen molar-refractivity contribution in [3.8, 4) is 0 Å². The minimum Gasteiger partial charge on any atom is -0.353 e. The predicted octanol–water partition coefficient (Wildman–Crippen LogP) is 4.55. The standard InChI is InChI=1S/C11H5Cl2F3N2/c12-7-9(8(13)11(16)18-10(7)15)17-6-3-1-5(14)2-4-6/h1-4H,(H,17,18). The first kappa shape index (κ1) is 13.0. The molecule has 0 aliphatic rings. The van der Waals surface area contributed by atoms with Gasteiger partial charge in [0.05, 0.1) is 5.69 Å². The van der Waals surface area contributed by atoms with E-state index in [0.29, 0.717) is 5.69 Å². The Morgan fingerprint density at radius 1 is 0.889 bits per heavy atom. The molecule has 0 saturated heterocycles. The van der Waals surface area contributed by atoms with Crippen LogP contribution in [0.4, 0.5) is 24.5 Å². The van der Waals surface area contributed by atoms with E-state index in [9.17, 15) is 13.2 Å². The van der Waals surface area contributed by atoms with Gasteiger partial charge in [0.2, 0.25) is 11.9 Å². The van der Waals surface area contributed by atoms with Crippen molar-refractivity contribution < 1.29 is 13.2 Å². The van der Waals surface area contributed by atoms with Crippen molar-refractivity contribution in [3.63, 3.8) is 0 Å². The van der Waals surface area contributed by atoms with Crippen LogP contribution < -0.4 is 5.32 Å². The number of hydrogen-bond acceptors (Lipinski definition) is 2. The number of benzene rings is 1. The predicted molar refractivity (Wildman–Crippen MR) is 63.9 cm³/mol. The molecule has 94 valence electrons. The zero-order valence-electron chi connectivity index (χ0n) is 8.65. The lowest BCUT2D eigenvalue weighted by Gasteiger charge is -2.10. The summed E-state index contributed by atoms with van der Waals surface area (Å²) >= 11 is 11.3. The Morgan fingerprint density at radius 3 is 1.89 bits per heavy atom. The quantitative estimate of drug-likeness (QED) is 0.822. The number of hydrogen-bond donors (Lipinski definition) is 1. The molecule has 0 bridgehead atoms. The SMILES string of the molecule is Fc1ccc(Nc2c(Cl)c(F)nc(F)c2Cl)cc1. The summed E-state index contributed by atoms with van der Waals surface area (Å²) in [6.07, 6.45) is 0. The van der Waals surface area contributed by atoms with Crippen LogP contribution in [0.25, 0.3) is 0 Å². The summed E-state index contributed by atoms with van der Waals surface area (Å²) in [5.74, 6) is -2.80. The molecule has 0 radical (unpaired) electrons. The van der Waals surface area contributed by atoms with Crippen LogP contribution in [0.3, 0.4) is 0 Å². The number of pyridine rings is 1. The van der Waals surface area contributed by atoms with Gasteiger partial charge in [-0.05, 0) is 24.3 Å². The average Bonchev–Trinajstić information content (AvgIpc) is 2.34. The van der Waals surface area contributed by atoms with Crippen LogP contribution in [0.15, 0.2) is 24.3 Å². The molecule has 0 aliphatic heterocycles. The van der Waals surface area contributed by atoms with E-state index in [-0.39, 0.29) is 5.69 Å². The smallest absolute Gasteiger partial charge is 0.236 e. The number of nitrogens with zero attached hydrogens (tertiary/aromatic N) is 1. The molecule has 0 atom stereocenters. The second kappa shape index (κ2) is 5.04. The van der Waals surface area contributed by atoms with Crippen molar-refractivity contribution in [3.05, 3.63) is 52.0 Å². The van der Waals surface area contributed by atoms with E-state index in [1.54, 1.807) is 0 Å². The van der Waals surface area contributed by atoms with Gasteiger partial charge in [0, 0.05) is 5.69 Å². The molecule has 1 heterocycles. The fourth-order valence-electron chi connectivity index (χ4n) is 1.27. The van der Waals surface area contributed by atoms with E-state index < -0.39 is 27.8 Å². The van der Waals surface area contributed by atoms with Gasteiger partial charge in [-0.2, -0.15) is 13.8 Å². The largest absolute Gasteiger partial charge is 0.353 e. The van der Waals surface area contributed by atoms with Gasteiger partial charge in [0.25, 0.3) is 0 Å². The molecule has 18 heavy (non-hydrogen) atoms. The molecule has 2 rings (SSSR count). The van der Waals surface area contributed by atoms with Gasteiger partial charge in [0.15, 0.2) is 0 Å². The maximum Gasteiger partial charge on any atom is 0.236 e. The highest BCUT2D eigenvalue weighted by Gasteiger charge is 2.17. The van der Waals surface area contributed by atoms with Gasteiger partial charge in [0.1, 0.15) is 15.9 Å². The molecule has 2 nitrogen and oxygen atoms in total. The number of nitrogens with one attached hydrogen (secondary N) is 1. The summed E-state index contributed by atoms with van der Waals surface area (Å²) in [7, 11) is 0. The maximum atomic E-state index is 13.1. The Balaban J connectivity index is 2.42. The Morgan fingerprint density at radius 2 is 1.39 bits per heavy atom. The highest BCUT2D eigenvalue weighted by molar-refractivity contribution is 6.39. The minimum absolute atomic E-state index is 0.157. The van der Waals surface area contributed by atoms with Crippen LogP contribution in [0.1, 0.15) is 0 Å². The van der Waals surface area contributed by atoms with Gasteiger partial charge in [-0.15, -0.1) is 0 Å². The van der Waals surface area contributed by atoms with Crippen molar-refractivity contribution in [2.45, 2.75) is 0 Å². The summed E-state index contributed by atoms with van der Waals surface area (Å²) in [6, 6.07) is 5.10. The van der Waals surface area contributed by atoms with E-state index in [0.717, 1.165) is 0 Å². The third-order valence-electron chi connectivity index (χ3n) is 2.11. The van der Waals surface area contributed by atoms with Crippen LogP contribution in [-0.2, 0) is 0 Å². The molecule has 7 heteroatoms. The van der Waals surface area contributed by atoms with Crippen LogP contribution >= 0.6 is 23.2 Å². The molecule has 1 aromatic heterocycles. The summed E-state index contributed by atoms with van der Waals surface area (Å²) in [5.41, 5.74) is 0.222. The summed E-state index contributed by atoms with van der Waals surface area (Å²) in [5, 5.41) is 1.72.